The summed E-state index contributed by atoms with van der Waals surface area (Å²) in [5.41, 5.74) is 1.58. The second-order valence-electron chi connectivity index (χ2n) is 10.2. The van der Waals surface area contributed by atoms with Crippen molar-refractivity contribution in [2.75, 3.05) is 19.6 Å². The van der Waals surface area contributed by atoms with Gasteiger partial charge in [0.1, 0.15) is 5.54 Å². The molecule has 0 bridgehead atoms. The van der Waals surface area contributed by atoms with Gasteiger partial charge in [0.2, 0.25) is 0 Å². The normalized spacial score (nSPS) is 13.4. The maximum absolute atomic E-state index is 4.18. The standard InChI is InChI=1S/C30H54N.ClH/c1-6-9-11-13-14-15-16-17-18-23-28-31(26-8-3,27-22-12-10-7-2)30(4,5)29-24-20-19-21-25-29;/h8,19-21,24-25H,3,6-7,9-18,22-23,26-28H2,1-2,4-5H3;1H/q+1;/p-1. The number of halogens is 1. The summed E-state index contributed by atoms with van der Waals surface area (Å²) in [5.74, 6) is 0. The zero-order valence-electron chi connectivity index (χ0n) is 22.0. The number of benzene rings is 1. The lowest BCUT2D eigenvalue weighted by molar-refractivity contribution is -0.975. The van der Waals surface area contributed by atoms with Gasteiger partial charge in [0.05, 0.1) is 19.6 Å². The van der Waals surface area contributed by atoms with Crippen LogP contribution in [0, 0.1) is 0 Å². The summed E-state index contributed by atoms with van der Waals surface area (Å²) in [5, 5.41) is 0. The lowest BCUT2D eigenvalue weighted by atomic mass is 9.87. The molecule has 0 saturated heterocycles. The molecule has 0 spiro atoms. The Morgan fingerprint density at radius 2 is 1.09 bits per heavy atom. The van der Waals surface area contributed by atoms with Gasteiger partial charge >= 0.3 is 0 Å². The fraction of sp³-hybridized carbons (Fsp3) is 0.733. The number of hydrogen-bond donors (Lipinski definition) is 0. The first kappa shape index (κ1) is 31.2. The second kappa shape index (κ2) is 18.6. The van der Waals surface area contributed by atoms with E-state index >= 15 is 0 Å². The van der Waals surface area contributed by atoms with Crippen LogP contribution in [0.5, 0.6) is 0 Å². The van der Waals surface area contributed by atoms with E-state index in [0.717, 1.165) is 11.0 Å². The van der Waals surface area contributed by atoms with Crippen molar-refractivity contribution in [2.24, 2.45) is 0 Å². The van der Waals surface area contributed by atoms with E-state index < -0.39 is 0 Å². The molecule has 0 aromatic heterocycles. The Hall–Kier alpha value is -0.790. The largest absolute Gasteiger partial charge is 1.00 e. The van der Waals surface area contributed by atoms with Crippen molar-refractivity contribution in [1.82, 2.24) is 0 Å². The highest BCUT2D eigenvalue weighted by Gasteiger charge is 2.43. The topological polar surface area (TPSA) is 0 Å². The van der Waals surface area contributed by atoms with E-state index in [2.05, 4.69) is 70.7 Å². The molecule has 32 heavy (non-hydrogen) atoms. The van der Waals surface area contributed by atoms with Crippen LogP contribution in [0.15, 0.2) is 43.0 Å². The van der Waals surface area contributed by atoms with Gasteiger partial charge in [-0.3, -0.25) is 0 Å². The van der Waals surface area contributed by atoms with Gasteiger partial charge in [0, 0.05) is 5.56 Å². The van der Waals surface area contributed by atoms with Gasteiger partial charge in [0.15, 0.2) is 0 Å². The molecule has 0 N–H and O–H groups in total. The quantitative estimate of drug-likeness (QED) is 0.119. The molecule has 0 aliphatic carbocycles. The highest BCUT2D eigenvalue weighted by molar-refractivity contribution is 5.21. The van der Waals surface area contributed by atoms with Crippen LogP contribution >= 0.6 is 0 Å². The molecule has 0 fully saturated rings. The summed E-state index contributed by atoms with van der Waals surface area (Å²) in [6.45, 7) is 17.4. The van der Waals surface area contributed by atoms with E-state index in [0.29, 0.717) is 0 Å². The molecule has 0 aliphatic heterocycles. The van der Waals surface area contributed by atoms with Gasteiger partial charge in [0.25, 0.3) is 0 Å². The SMILES string of the molecule is C=CC[N+](CCCCCC)(CCCCCCCCCCCC)C(C)(C)c1ccccc1.[Cl-]. The van der Waals surface area contributed by atoms with Gasteiger partial charge in [-0.05, 0) is 45.6 Å². The Morgan fingerprint density at radius 3 is 1.53 bits per heavy atom. The molecular formula is C30H54ClN. The molecule has 2 heteroatoms. The molecular weight excluding hydrogens is 410 g/mol. The van der Waals surface area contributed by atoms with E-state index in [1.165, 1.54) is 109 Å². The van der Waals surface area contributed by atoms with Gasteiger partial charge in [-0.1, -0.05) is 115 Å². The molecule has 1 nitrogen and oxygen atoms in total. The van der Waals surface area contributed by atoms with Gasteiger partial charge < -0.3 is 16.9 Å². The molecule has 1 aromatic rings. The van der Waals surface area contributed by atoms with Crippen molar-refractivity contribution in [3.05, 3.63) is 48.6 Å². The van der Waals surface area contributed by atoms with Crippen LogP contribution in [-0.2, 0) is 5.54 Å². The lowest BCUT2D eigenvalue weighted by Gasteiger charge is -2.51. The first-order chi connectivity index (χ1) is 15.0. The fourth-order valence-electron chi connectivity index (χ4n) is 5.19. The summed E-state index contributed by atoms with van der Waals surface area (Å²) in [7, 11) is 0. The van der Waals surface area contributed by atoms with Crippen molar-refractivity contribution >= 4 is 0 Å². The number of quaternary nitrogens is 1. The van der Waals surface area contributed by atoms with Crippen LogP contribution in [0.1, 0.15) is 123 Å². The van der Waals surface area contributed by atoms with Crippen LogP contribution in [0.2, 0.25) is 0 Å². The third kappa shape index (κ3) is 10.9. The Balaban J connectivity index is 0.00000961. The third-order valence-electron chi connectivity index (χ3n) is 7.52. The van der Waals surface area contributed by atoms with Gasteiger partial charge in [-0.25, -0.2) is 0 Å². The van der Waals surface area contributed by atoms with Crippen LogP contribution in [-0.4, -0.2) is 24.1 Å². The van der Waals surface area contributed by atoms with Crippen molar-refractivity contribution in [3.63, 3.8) is 0 Å². The van der Waals surface area contributed by atoms with Crippen LogP contribution in [0.3, 0.4) is 0 Å². The minimum Gasteiger partial charge on any atom is -1.00 e. The van der Waals surface area contributed by atoms with Gasteiger partial charge in [-0.15, -0.1) is 0 Å². The van der Waals surface area contributed by atoms with E-state index in [1.807, 2.05) is 0 Å². The first-order valence-corrected chi connectivity index (χ1v) is 13.6. The lowest BCUT2D eigenvalue weighted by Crippen LogP contribution is -3.00. The van der Waals surface area contributed by atoms with E-state index in [1.54, 1.807) is 0 Å². The molecule has 1 atom stereocenters. The minimum absolute atomic E-state index is 0. The molecule has 186 valence electrons. The second-order valence-corrected chi connectivity index (χ2v) is 10.2. The molecule has 0 saturated carbocycles. The molecule has 0 radical (unpaired) electrons. The average Bonchev–Trinajstić information content (AvgIpc) is 2.78. The van der Waals surface area contributed by atoms with E-state index in [9.17, 15) is 0 Å². The van der Waals surface area contributed by atoms with Crippen molar-refractivity contribution in [2.45, 2.75) is 123 Å². The summed E-state index contributed by atoms with van der Waals surface area (Å²) in [6, 6.07) is 11.2. The van der Waals surface area contributed by atoms with Gasteiger partial charge in [-0.2, -0.15) is 0 Å². The Bertz CT molecular complexity index is 553. The summed E-state index contributed by atoms with van der Waals surface area (Å²) in [6.07, 6.45) is 21.6. The Kier molecular flexibility index (Phi) is 18.2. The predicted molar refractivity (Wildman–Crippen MR) is 141 cm³/mol. The number of unbranched alkanes of at least 4 members (excludes halogenated alkanes) is 12. The molecule has 1 rings (SSSR count). The van der Waals surface area contributed by atoms with Crippen molar-refractivity contribution < 1.29 is 16.9 Å². The zero-order chi connectivity index (χ0) is 22.8. The third-order valence-corrected chi connectivity index (χ3v) is 7.52. The summed E-state index contributed by atoms with van der Waals surface area (Å²) >= 11 is 0. The number of hydrogen-bond acceptors (Lipinski definition) is 0. The maximum atomic E-state index is 4.18. The highest BCUT2D eigenvalue weighted by Crippen LogP contribution is 2.36. The molecule has 0 aliphatic rings. The number of nitrogens with zero attached hydrogens (tertiary/aromatic N) is 1. The fourth-order valence-corrected chi connectivity index (χ4v) is 5.19. The number of rotatable bonds is 20. The van der Waals surface area contributed by atoms with Crippen molar-refractivity contribution in [1.29, 1.82) is 0 Å². The Morgan fingerprint density at radius 1 is 0.688 bits per heavy atom. The molecule has 0 heterocycles. The van der Waals surface area contributed by atoms with Crippen molar-refractivity contribution in [3.8, 4) is 0 Å². The smallest absolute Gasteiger partial charge is 0.119 e. The monoisotopic (exact) mass is 463 g/mol. The first-order valence-electron chi connectivity index (χ1n) is 13.6. The summed E-state index contributed by atoms with van der Waals surface area (Å²) in [4.78, 5) is 0. The summed E-state index contributed by atoms with van der Waals surface area (Å²) < 4.78 is 1.15. The maximum Gasteiger partial charge on any atom is 0.119 e. The predicted octanol–water partition coefficient (Wildman–Crippen LogP) is 6.43. The van der Waals surface area contributed by atoms with E-state index in [-0.39, 0.29) is 17.9 Å². The van der Waals surface area contributed by atoms with Crippen LogP contribution in [0.25, 0.3) is 0 Å². The highest BCUT2D eigenvalue weighted by atomic mass is 35.5. The van der Waals surface area contributed by atoms with Crippen LogP contribution < -0.4 is 12.4 Å². The van der Waals surface area contributed by atoms with E-state index in [4.69, 9.17) is 0 Å². The average molecular weight is 464 g/mol. The minimum atomic E-state index is 0. The zero-order valence-corrected chi connectivity index (χ0v) is 22.8. The molecule has 1 aromatic carbocycles. The molecule has 0 amide bonds. The Labute approximate surface area is 208 Å². The van der Waals surface area contributed by atoms with Crippen LogP contribution in [0.4, 0.5) is 0 Å². The molecule has 1 unspecified atom stereocenters.